The number of benzene rings is 1. The van der Waals surface area contributed by atoms with E-state index in [2.05, 4.69) is 9.85 Å². The first-order valence-electron chi connectivity index (χ1n) is 4.78. The van der Waals surface area contributed by atoms with Crippen molar-refractivity contribution in [2.75, 3.05) is 6.61 Å². The minimum atomic E-state index is -0.729. The summed E-state index contributed by atoms with van der Waals surface area (Å²) >= 11 is 1.87. The van der Waals surface area contributed by atoms with E-state index in [9.17, 15) is 4.79 Å². The molecule has 1 rings (SSSR count). The van der Waals surface area contributed by atoms with Crippen LogP contribution in [0.3, 0.4) is 0 Å². The first-order valence-corrected chi connectivity index (χ1v) is 5.86. The van der Waals surface area contributed by atoms with Crippen LogP contribution in [0.1, 0.15) is 12.5 Å². The molecule has 0 saturated carbocycles. The summed E-state index contributed by atoms with van der Waals surface area (Å²) in [4.78, 5) is 11.2. The van der Waals surface area contributed by atoms with Crippen LogP contribution in [0.15, 0.2) is 24.3 Å². The lowest BCUT2D eigenvalue weighted by atomic mass is 10.2. The molecule has 0 atom stereocenters. The van der Waals surface area contributed by atoms with Gasteiger partial charge in [0.15, 0.2) is 6.61 Å². The maximum atomic E-state index is 11.2. The quantitative estimate of drug-likeness (QED) is 0.370. The molecule has 1 aromatic carbocycles. The van der Waals surface area contributed by atoms with Gasteiger partial charge in [0.25, 0.3) is 0 Å². The summed E-state index contributed by atoms with van der Waals surface area (Å²) < 4.78 is 12.3. The number of carbonyl (C=O) groups is 1. The Labute approximate surface area is 108 Å². The van der Waals surface area contributed by atoms with E-state index in [1.807, 2.05) is 47.7 Å². The van der Waals surface area contributed by atoms with Crippen molar-refractivity contribution in [2.45, 2.75) is 13.3 Å². The van der Waals surface area contributed by atoms with E-state index >= 15 is 0 Å². The van der Waals surface area contributed by atoms with Crippen molar-refractivity contribution in [2.24, 2.45) is 0 Å². The molecule has 0 unspecified atom stereocenters. The summed E-state index contributed by atoms with van der Waals surface area (Å²) in [7, 11) is 0. The van der Waals surface area contributed by atoms with Crippen molar-refractivity contribution < 1.29 is 14.3 Å². The van der Waals surface area contributed by atoms with E-state index in [1.54, 1.807) is 6.07 Å². The highest BCUT2D eigenvalue weighted by atomic mass is 127. The molecule has 1 aromatic rings. The second-order valence-corrected chi connectivity index (χ2v) is 3.45. The molecule has 3 nitrogen and oxygen atoms in total. The second kappa shape index (κ2) is 7.12. The fraction of sp³-hybridized carbons (Fsp3) is 0.250. The van der Waals surface area contributed by atoms with Gasteiger partial charge in [-0.05, 0) is 28.0 Å². The van der Waals surface area contributed by atoms with Gasteiger partial charge in [0.1, 0.15) is 5.75 Å². The number of halogens is 1. The lowest BCUT2D eigenvalue weighted by molar-refractivity contribution is 0.111. The molecule has 0 aliphatic rings. The Balaban J connectivity index is 2.51. The molecular formula is C12H11IO3. The van der Waals surface area contributed by atoms with Crippen molar-refractivity contribution in [1.29, 1.82) is 0 Å². The molecule has 16 heavy (non-hydrogen) atoms. The van der Waals surface area contributed by atoms with Crippen LogP contribution < -0.4 is 4.74 Å². The van der Waals surface area contributed by atoms with Crippen LogP contribution in [0.5, 0.6) is 5.75 Å². The Morgan fingerprint density at radius 2 is 2.31 bits per heavy atom. The highest BCUT2D eigenvalue weighted by Gasteiger charge is 2.04. The van der Waals surface area contributed by atoms with Crippen molar-refractivity contribution in [1.82, 2.24) is 0 Å². The minimum absolute atomic E-state index is 0.0508. The van der Waals surface area contributed by atoms with Crippen molar-refractivity contribution in [3.63, 3.8) is 0 Å². The SMILES string of the molecule is CCc1cccc(OC(=O)OCC#CI)c1. The number of ether oxygens (including phenoxy) is 2. The maximum Gasteiger partial charge on any atom is 0.514 e. The van der Waals surface area contributed by atoms with E-state index in [-0.39, 0.29) is 6.61 Å². The number of rotatable bonds is 3. The Hall–Kier alpha value is -1.22. The third-order valence-electron chi connectivity index (χ3n) is 1.84. The molecule has 0 aliphatic carbocycles. The molecule has 0 N–H and O–H groups in total. The maximum absolute atomic E-state index is 11.2. The molecule has 0 radical (unpaired) electrons. The molecule has 0 aliphatic heterocycles. The van der Waals surface area contributed by atoms with E-state index < -0.39 is 6.16 Å². The predicted octanol–water partition coefficient (Wildman–Crippen LogP) is 3.16. The molecule has 0 spiro atoms. The molecule has 0 amide bonds. The zero-order chi connectivity index (χ0) is 11.8. The highest BCUT2D eigenvalue weighted by Crippen LogP contribution is 2.14. The Morgan fingerprint density at radius 3 is 3.00 bits per heavy atom. The third-order valence-corrected chi connectivity index (χ3v) is 2.22. The van der Waals surface area contributed by atoms with E-state index in [1.165, 1.54) is 0 Å². The number of hydrogen-bond acceptors (Lipinski definition) is 3. The van der Waals surface area contributed by atoms with Gasteiger partial charge in [-0.1, -0.05) is 25.0 Å². The first-order chi connectivity index (χ1) is 7.76. The monoisotopic (exact) mass is 330 g/mol. The van der Waals surface area contributed by atoms with Gasteiger partial charge in [0.2, 0.25) is 0 Å². The van der Waals surface area contributed by atoms with Gasteiger partial charge in [0.05, 0.1) is 0 Å². The Morgan fingerprint density at radius 1 is 1.50 bits per heavy atom. The van der Waals surface area contributed by atoms with Gasteiger partial charge < -0.3 is 9.47 Å². The molecule has 0 heterocycles. The lowest BCUT2D eigenvalue weighted by Crippen LogP contribution is -2.10. The molecule has 84 valence electrons. The normalized spacial score (nSPS) is 8.88. The molecule has 0 saturated heterocycles. The average Bonchev–Trinajstić information content (AvgIpc) is 2.29. The molecule has 0 aromatic heterocycles. The van der Waals surface area contributed by atoms with Crippen LogP contribution in [0.2, 0.25) is 0 Å². The number of hydrogen-bond donors (Lipinski definition) is 0. The van der Waals surface area contributed by atoms with Crippen molar-refractivity contribution in [3.05, 3.63) is 29.8 Å². The minimum Gasteiger partial charge on any atom is -0.421 e. The largest absolute Gasteiger partial charge is 0.514 e. The van der Waals surface area contributed by atoms with E-state index in [0.717, 1.165) is 12.0 Å². The van der Waals surface area contributed by atoms with Crippen molar-refractivity contribution >= 4 is 28.7 Å². The van der Waals surface area contributed by atoms with Crippen LogP contribution >= 0.6 is 22.6 Å². The first kappa shape index (κ1) is 12.8. The van der Waals surface area contributed by atoms with Gasteiger partial charge in [-0.3, -0.25) is 0 Å². The standard InChI is InChI=1S/C12H11IO3/c1-2-10-5-3-6-11(9-10)16-12(14)15-8-4-7-13/h3,5-6,9H,2,8H2,1H3. The van der Waals surface area contributed by atoms with Gasteiger partial charge in [-0.2, -0.15) is 0 Å². The molecular weight excluding hydrogens is 319 g/mol. The highest BCUT2D eigenvalue weighted by molar-refractivity contribution is 14.1. The van der Waals surface area contributed by atoms with Gasteiger partial charge in [-0.15, -0.1) is 0 Å². The third kappa shape index (κ3) is 4.53. The van der Waals surface area contributed by atoms with E-state index in [4.69, 9.17) is 9.47 Å². The van der Waals surface area contributed by atoms with Crippen LogP contribution in [0, 0.1) is 9.85 Å². The van der Waals surface area contributed by atoms with Gasteiger partial charge >= 0.3 is 6.16 Å². The van der Waals surface area contributed by atoms with Crippen LogP contribution in [-0.4, -0.2) is 12.8 Å². The number of aryl methyl sites for hydroxylation is 1. The molecule has 4 heteroatoms. The van der Waals surface area contributed by atoms with Gasteiger partial charge in [-0.25, -0.2) is 4.79 Å². The fourth-order valence-corrected chi connectivity index (χ4v) is 1.23. The Kier molecular flexibility index (Phi) is 5.72. The summed E-state index contributed by atoms with van der Waals surface area (Å²) in [5.74, 6) is 3.09. The average molecular weight is 330 g/mol. The summed E-state index contributed by atoms with van der Waals surface area (Å²) in [6.07, 6.45) is 0.166. The van der Waals surface area contributed by atoms with Crippen LogP contribution in [0.25, 0.3) is 0 Å². The molecule has 0 fully saturated rings. The summed E-state index contributed by atoms with van der Waals surface area (Å²) in [6, 6.07) is 7.33. The lowest BCUT2D eigenvalue weighted by Gasteiger charge is -2.04. The zero-order valence-electron chi connectivity index (χ0n) is 8.83. The fourth-order valence-electron chi connectivity index (χ4n) is 1.08. The zero-order valence-corrected chi connectivity index (χ0v) is 11.0. The van der Waals surface area contributed by atoms with Crippen molar-refractivity contribution in [3.8, 4) is 15.6 Å². The molecule has 0 bridgehead atoms. The summed E-state index contributed by atoms with van der Waals surface area (Å²) in [6.45, 7) is 2.09. The smallest absolute Gasteiger partial charge is 0.421 e. The van der Waals surface area contributed by atoms with Crippen LogP contribution in [0.4, 0.5) is 4.79 Å². The summed E-state index contributed by atoms with van der Waals surface area (Å²) in [5, 5.41) is 0. The van der Waals surface area contributed by atoms with Crippen LogP contribution in [-0.2, 0) is 11.2 Å². The second-order valence-electron chi connectivity index (χ2n) is 2.91. The van der Waals surface area contributed by atoms with E-state index in [0.29, 0.717) is 5.75 Å². The Bertz CT molecular complexity index is 418. The topological polar surface area (TPSA) is 35.5 Å². The number of carbonyl (C=O) groups excluding carboxylic acids is 1. The van der Waals surface area contributed by atoms with Gasteiger partial charge in [0, 0.05) is 22.6 Å². The summed E-state index contributed by atoms with van der Waals surface area (Å²) in [5.41, 5.74) is 1.11. The predicted molar refractivity (Wildman–Crippen MR) is 69.6 cm³/mol.